The summed E-state index contributed by atoms with van der Waals surface area (Å²) in [5.74, 6) is 4.90. The van der Waals surface area contributed by atoms with Crippen LogP contribution in [0.3, 0.4) is 0 Å². The van der Waals surface area contributed by atoms with Gasteiger partial charge < -0.3 is 0 Å². The van der Waals surface area contributed by atoms with E-state index < -0.39 is 0 Å². The van der Waals surface area contributed by atoms with Gasteiger partial charge in [-0.15, -0.1) is 0 Å². The molecule has 5 atom stereocenters. The Hall–Kier alpha value is 0.480. The minimum absolute atomic E-state index is 0.801. The van der Waals surface area contributed by atoms with Crippen LogP contribution >= 0.6 is 15.9 Å². The molecule has 0 aliphatic heterocycles. The second-order valence-electron chi connectivity index (χ2n) is 6.29. The van der Waals surface area contributed by atoms with Crippen LogP contribution in [0.4, 0.5) is 0 Å². The summed E-state index contributed by atoms with van der Waals surface area (Å²) in [4.78, 5) is 0.801. The van der Waals surface area contributed by atoms with Crippen molar-refractivity contribution in [1.29, 1.82) is 0 Å². The van der Waals surface area contributed by atoms with Gasteiger partial charge in [0, 0.05) is 4.83 Å². The number of rotatable bonds is 1. The van der Waals surface area contributed by atoms with E-state index in [0.717, 1.165) is 34.4 Å². The molecule has 88 valence electrons. The van der Waals surface area contributed by atoms with Gasteiger partial charge in [-0.25, -0.2) is 0 Å². The van der Waals surface area contributed by atoms with Gasteiger partial charge in [0.25, 0.3) is 0 Å². The largest absolute Gasteiger partial charge is 0.0888 e. The highest BCUT2D eigenvalue weighted by Crippen LogP contribution is 2.47. The molecule has 2 rings (SSSR count). The average Bonchev–Trinajstić information content (AvgIpc) is 2.46. The molecule has 0 aromatic rings. The number of halogens is 1. The zero-order valence-electron chi connectivity index (χ0n) is 10.4. The van der Waals surface area contributed by atoms with Gasteiger partial charge in [0.15, 0.2) is 0 Å². The van der Waals surface area contributed by atoms with Crippen molar-refractivity contribution >= 4 is 15.9 Å². The average molecular weight is 273 g/mol. The summed E-state index contributed by atoms with van der Waals surface area (Å²) in [6, 6.07) is 0. The summed E-state index contributed by atoms with van der Waals surface area (Å²) < 4.78 is 0. The molecule has 0 heterocycles. The fourth-order valence-electron chi connectivity index (χ4n) is 4.17. The molecule has 0 nitrogen and oxygen atoms in total. The molecule has 0 saturated heterocycles. The first-order chi connectivity index (χ1) is 7.08. The van der Waals surface area contributed by atoms with Gasteiger partial charge in [-0.2, -0.15) is 0 Å². The van der Waals surface area contributed by atoms with Gasteiger partial charge >= 0.3 is 0 Å². The van der Waals surface area contributed by atoms with Crippen molar-refractivity contribution in [1.82, 2.24) is 0 Å². The Morgan fingerprint density at radius 1 is 0.867 bits per heavy atom. The summed E-state index contributed by atoms with van der Waals surface area (Å²) in [7, 11) is 0. The van der Waals surface area contributed by atoms with Crippen LogP contribution in [0.5, 0.6) is 0 Å². The Balaban J connectivity index is 1.98. The van der Waals surface area contributed by atoms with Crippen LogP contribution in [0.2, 0.25) is 0 Å². The minimum atomic E-state index is 0.801. The first kappa shape index (κ1) is 12.0. The van der Waals surface area contributed by atoms with Crippen molar-refractivity contribution in [2.45, 2.75) is 57.7 Å². The van der Waals surface area contributed by atoms with E-state index in [0.29, 0.717) is 0 Å². The SMILES string of the molecule is CC1CC(C)CC(C2CCC(Br)C2C)C1. The Bertz CT molecular complexity index is 203. The molecule has 0 aromatic carbocycles. The van der Waals surface area contributed by atoms with Crippen molar-refractivity contribution in [2.75, 3.05) is 0 Å². The summed E-state index contributed by atoms with van der Waals surface area (Å²) in [6.45, 7) is 7.36. The standard InChI is InChI=1S/C14H25Br/c1-9-6-10(2)8-12(7-9)13-4-5-14(15)11(13)3/h9-14H,4-8H2,1-3H3. The van der Waals surface area contributed by atoms with Crippen molar-refractivity contribution in [2.24, 2.45) is 29.6 Å². The molecule has 15 heavy (non-hydrogen) atoms. The lowest BCUT2D eigenvalue weighted by Gasteiger charge is -2.37. The molecule has 0 bridgehead atoms. The lowest BCUT2D eigenvalue weighted by atomic mass is 9.69. The molecular weight excluding hydrogens is 248 g/mol. The molecule has 5 unspecified atom stereocenters. The predicted octanol–water partition coefficient (Wildman–Crippen LogP) is 4.87. The lowest BCUT2D eigenvalue weighted by Crippen LogP contribution is -2.28. The minimum Gasteiger partial charge on any atom is -0.0888 e. The molecule has 1 heteroatoms. The zero-order chi connectivity index (χ0) is 11.0. The van der Waals surface area contributed by atoms with E-state index in [9.17, 15) is 0 Å². The highest BCUT2D eigenvalue weighted by molar-refractivity contribution is 9.09. The van der Waals surface area contributed by atoms with Gasteiger partial charge in [-0.05, 0) is 61.7 Å². The van der Waals surface area contributed by atoms with Crippen LogP contribution < -0.4 is 0 Å². The van der Waals surface area contributed by atoms with Crippen LogP contribution in [-0.4, -0.2) is 4.83 Å². The number of hydrogen-bond donors (Lipinski definition) is 0. The quantitative estimate of drug-likeness (QED) is 0.598. The maximum absolute atomic E-state index is 3.84. The van der Waals surface area contributed by atoms with E-state index >= 15 is 0 Å². The topological polar surface area (TPSA) is 0 Å². The molecular formula is C14H25Br. The number of hydrogen-bond acceptors (Lipinski definition) is 0. The zero-order valence-corrected chi connectivity index (χ0v) is 12.0. The van der Waals surface area contributed by atoms with Gasteiger partial charge in [0.1, 0.15) is 0 Å². The molecule has 0 radical (unpaired) electrons. The van der Waals surface area contributed by atoms with E-state index in [-0.39, 0.29) is 0 Å². The fourth-order valence-corrected chi connectivity index (χ4v) is 4.83. The van der Waals surface area contributed by atoms with Crippen LogP contribution in [0, 0.1) is 29.6 Å². The predicted molar refractivity (Wildman–Crippen MR) is 70.3 cm³/mol. The van der Waals surface area contributed by atoms with Crippen molar-refractivity contribution in [3.63, 3.8) is 0 Å². The van der Waals surface area contributed by atoms with E-state index in [1.807, 2.05) is 0 Å². The lowest BCUT2D eigenvalue weighted by molar-refractivity contribution is 0.141. The van der Waals surface area contributed by atoms with Crippen LogP contribution in [0.1, 0.15) is 52.9 Å². The molecule has 2 aliphatic carbocycles. The van der Waals surface area contributed by atoms with E-state index in [1.54, 1.807) is 0 Å². The van der Waals surface area contributed by atoms with Gasteiger partial charge in [-0.3, -0.25) is 0 Å². The second-order valence-corrected chi connectivity index (χ2v) is 7.47. The summed E-state index contributed by atoms with van der Waals surface area (Å²) in [5.41, 5.74) is 0. The second kappa shape index (κ2) is 4.77. The summed E-state index contributed by atoms with van der Waals surface area (Å²) in [5, 5.41) is 0. The summed E-state index contributed by atoms with van der Waals surface area (Å²) >= 11 is 3.84. The van der Waals surface area contributed by atoms with Crippen molar-refractivity contribution in [3.8, 4) is 0 Å². The maximum Gasteiger partial charge on any atom is 0.0174 e. The van der Waals surface area contributed by atoms with Crippen LogP contribution in [0.25, 0.3) is 0 Å². The normalized spacial score (nSPS) is 52.0. The summed E-state index contributed by atoms with van der Waals surface area (Å²) in [6.07, 6.45) is 7.35. The maximum atomic E-state index is 3.84. The first-order valence-electron chi connectivity index (χ1n) is 6.72. The molecule has 2 fully saturated rings. The molecule has 0 amide bonds. The highest BCUT2D eigenvalue weighted by atomic mass is 79.9. The Kier molecular flexibility index (Phi) is 3.80. The molecule has 2 saturated carbocycles. The Labute approximate surface area is 103 Å². The van der Waals surface area contributed by atoms with Gasteiger partial charge in [0.05, 0.1) is 0 Å². The smallest absolute Gasteiger partial charge is 0.0174 e. The van der Waals surface area contributed by atoms with Crippen LogP contribution in [0.15, 0.2) is 0 Å². The first-order valence-corrected chi connectivity index (χ1v) is 7.63. The Morgan fingerprint density at radius 2 is 1.47 bits per heavy atom. The Morgan fingerprint density at radius 3 is 1.93 bits per heavy atom. The van der Waals surface area contributed by atoms with E-state index in [1.165, 1.54) is 32.1 Å². The van der Waals surface area contributed by atoms with Gasteiger partial charge in [-0.1, -0.05) is 36.7 Å². The van der Waals surface area contributed by atoms with E-state index in [2.05, 4.69) is 36.7 Å². The van der Waals surface area contributed by atoms with Crippen LogP contribution in [-0.2, 0) is 0 Å². The van der Waals surface area contributed by atoms with E-state index in [4.69, 9.17) is 0 Å². The van der Waals surface area contributed by atoms with Crippen molar-refractivity contribution in [3.05, 3.63) is 0 Å². The van der Waals surface area contributed by atoms with Gasteiger partial charge in [0.2, 0.25) is 0 Å². The third-order valence-electron chi connectivity index (χ3n) is 4.84. The monoisotopic (exact) mass is 272 g/mol. The molecule has 2 aliphatic rings. The molecule has 0 spiro atoms. The fraction of sp³-hybridized carbons (Fsp3) is 1.00. The van der Waals surface area contributed by atoms with Crippen molar-refractivity contribution < 1.29 is 0 Å². The highest BCUT2D eigenvalue weighted by Gasteiger charge is 2.38. The third kappa shape index (κ3) is 2.60. The number of alkyl halides is 1. The molecule has 0 aromatic heterocycles. The third-order valence-corrected chi connectivity index (χ3v) is 6.13. The molecule has 0 N–H and O–H groups in total.